The number of benzene rings is 2. The lowest BCUT2D eigenvalue weighted by Gasteiger charge is -2.43. The molecule has 1 aliphatic heterocycles. The number of aromatic nitrogens is 2. The number of amides is 1. The van der Waals surface area contributed by atoms with E-state index in [0.29, 0.717) is 40.8 Å². The van der Waals surface area contributed by atoms with Gasteiger partial charge in [-0.2, -0.15) is 0 Å². The van der Waals surface area contributed by atoms with Gasteiger partial charge in [0.25, 0.3) is 5.91 Å². The summed E-state index contributed by atoms with van der Waals surface area (Å²) in [5.74, 6) is 1.97. The predicted molar refractivity (Wildman–Crippen MR) is 136 cm³/mol. The summed E-state index contributed by atoms with van der Waals surface area (Å²) in [6.45, 7) is 6.68. The monoisotopic (exact) mass is 479 g/mol. The van der Waals surface area contributed by atoms with Gasteiger partial charge in [0.2, 0.25) is 5.88 Å². The molecule has 0 saturated carbocycles. The molecule has 9 nitrogen and oxygen atoms in total. The number of H-pyrrole nitrogens is 1. The molecule has 2 N–H and O–H groups in total. The maximum Gasteiger partial charge on any atom is 0.256 e. The number of nitrogens with one attached hydrogen (secondary N) is 2. The first-order valence-corrected chi connectivity index (χ1v) is 11.6. The highest BCUT2D eigenvalue weighted by atomic mass is 16.5. The number of ether oxygens (including phenoxy) is 3. The molecule has 2 aromatic carbocycles. The molecule has 4 rings (SSSR count). The molecule has 0 spiro atoms. The lowest BCUT2D eigenvalue weighted by Crippen LogP contribution is -2.55. The number of aromatic amines is 1. The van der Waals surface area contributed by atoms with E-state index < -0.39 is 0 Å². The van der Waals surface area contributed by atoms with Crippen LogP contribution in [0.25, 0.3) is 0 Å². The van der Waals surface area contributed by atoms with Crippen molar-refractivity contribution < 1.29 is 19.0 Å². The highest BCUT2D eigenvalue weighted by molar-refractivity contribution is 6.04. The molecule has 186 valence electrons. The van der Waals surface area contributed by atoms with E-state index in [-0.39, 0.29) is 12.5 Å². The Labute approximate surface area is 206 Å². The SMILES string of the molecule is COc1cc(COc2cc(NC(=O)c3ccc(N4CC(C)N(C)C(C)C4)cc3)[nH]n2)cc(OC)c1. The van der Waals surface area contributed by atoms with Crippen molar-refractivity contribution in [3.05, 3.63) is 59.7 Å². The Morgan fingerprint density at radius 2 is 1.66 bits per heavy atom. The fraction of sp³-hybridized carbons (Fsp3) is 0.385. The van der Waals surface area contributed by atoms with Crippen molar-refractivity contribution >= 4 is 17.4 Å². The zero-order chi connectivity index (χ0) is 24.9. The van der Waals surface area contributed by atoms with E-state index in [1.165, 1.54) is 0 Å². The van der Waals surface area contributed by atoms with Crippen LogP contribution in [0.2, 0.25) is 0 Å². The summed E-state index contributed by atoms with van der Waals surface area (Å²) in [7, 11) is 5.37. The topological polar surface area (TPSA) is 92.0 Å². The zero-order valence-corrected chi connectivity index (χ0v) is 20.9. The molecule has 3 aromatic rings. The van der Waals surface area contributed by atoms with Gasteiger partial charge in [-0.25, -0.2) is 0 Å². The molecule has 1 aliphatic rings. The van der Waals surface area contributed by atoms with E-state index in [4.69, 9.17) is 14.2 Å². The number of nitrogens with zero attached hydrogens (tertiary/aromatic N) is 3. The van der Waals surface area contributed by atoms with Gasteiger partial charge in [0.1, 0.15) is 23.9 Å². The zero-order valence-electron chi connectivity index (χ0n) is 20.9. The Morgan fingerprint density at radius 1 is 1.03 bits per heavy atom. The van der Waals surface area contributed by atoms with Crippen LogP contribution in [0.15, 0.2) is 48.5 Å². The van der Waals surface area contributed by atoms with Gasteiger partial charge in [0.05, 0.1) is 14.2 Å². The van der Waals surface area contributed by atoms with E-state index in [9.17, 15) is 4.79 Å². The molecule has 9 heteroatoms. The van der Waals surface area contributed by atoms with Crippen LogP contribution >= 0.6 is 0 Å². The smallest absolute Gasteiger partial charge is 0.256 e. The van der Waals surface area contributed by atoms with Gasteiger partial charge in [-0.1, -0.05) is 0 Å². The number of rotatable bonds is 8. The number of likely N-dealkylation sites (N-methyl/N-ethyl adjacent to an activating group) is 1. The number of anilines is 2. The molecular formula is C26H33N5O4. The highest BCUT2D eigenvalue weighted by Crippen LogP contribution is 2.25. The van der Waals surface area contributed by atoms with Crippen molar-refractivity contribution in [3.63, 3.8) is 0 Å². The largest absolute Gasteiger partial charge is 0.497 e. The maximum atomic E-state index is 12.7. The number of hydrogen-bond acceptors (Lipinski definition) is 7. The van der Waals surface area contributed by atoms with Crippen molar-refractivity contribution in [1.29, 1.82) is 0 Å². The van der Waals surface area contributed by atoms with Gasteiger partial charge in [-0.05, 0) is 62.9 Å². The van der Waals surface area contributed by atoms with Gasteiger partial charge in [-0.15, -0.1) is 5.10 Å². The van der Waals surface area contributed by atoms with Gasteiger partial charge in [0, 0.05) is 48.6 Å². The Hall–Kier alpha value is -3.72. The maximum absolute atomic E-state index is 12.7. The summed E-state index contributed by atoms with van der Waals surface area (Å²) < 4.78 is 16.3. The van der Waals surface area contributed by atoms with Crippen LogP contribution in [0, 0.1) is 0 Å². The summed E-state index contributed by atoms with van der Waals surface area (Å²) in [6.07, 6.45) is 0. The first-order valence-electron chi connectivity index (χ1n) is 11.6. The van der Waals surface area contributed by atoms with E-state index in [1.54, 1.807) is 26.4 Å². The van der Waals surface area contributed by atoms with Gasteiger partial charge in [-0.3, -0.25) is 14.8 Å². The summed E-state index contributed by atoms with van der Waals surface area (Å²) in [4.78, 5) is 17.5. The van der Waals surface area contributed by atoms with Gasteiger partial charge in [0.15, 0.2) is 0 Å². The van der Waals surface area contributed by atoms with Crippen molar-refractivity contribution in [1.82, 2.24) is 15.1 Å². The molecule has 1 amide bonds. The number of hydrogen-bond donors (Lipinski definition) is 2. The Morgan fingerprint density at radius 3 is 2.26 bits per heavy atom. The average molecular weight is 480 g/mol. The number of piperazine rings is 1. The fourth-order valence-electron chi connectivity index (χ4n) is 4.18. The molecule has 35 heavy (non-hydrogen) atoms. The Balaban J connectivity index is 1.33. The molecule has 0 aliphatic carbocycles. The third-order valence-corrected chi connectivity index (χ3v) is 6.45. The van der Waals surface area contributed by atoms with Crippen molar-refractivity contribution in [3.8, 4) is 17.4 Å². The van der Waals surface area contributed by atoms with Crippen LogP contribution in [0.4, 0.5) is 11.5 Å². The molecule has 2 heterocycles. The first-order chi connectivity index (χ1) is 16.9. The summed E-state index contributed by atoms with van der Waals surface area (Å²) in [6, 6.07) is 15.8. The third-order valence-electron chi connectivity index (χ3n) is 6.45. The molecule has 0 bridgehead atoms. The molecule has 1 saturated heterocycles. The normalized spacial score (nSPS) is 18.3. The van der Waals surface area contributed by atoms with E-state index in [2.05, 4.69) is 46.2 Å². The van der Waals surface area contributed by atoms with Crippen molar-refractivity contribution in [2.45, 2.75) is 32.5 Å². The predicted octanol–water partition coefficient (Wildman–Crippen LogP) is 3.79. The second-order valence-corrected chi connectivity index (χ2v) is 8.90. The van der Waals surface area contributed by atoms with Crippen LogP contribution in [-0.2, 0) is 6.61 Å². The number of methoxy groups -OCH3 is 2. The van der Waals surface area contributed by atoms with E-state index in [1.807, 2.05) is 36.4 Å². The van der Waals surface area contributed by atoms with E-state index in [0.717, 1.165) is 24.3 Å². The minimum Gasteiger partial charge on any atom is -0.497 e. The van der Waals surface area contributed by atoms with Crippen LogP contribution < -0.4 is 24.4 Å². The van der Waals surface area contributed by atoms with Crippen molar-refractivity contribution in [2.75, 3.05) is 44.6 Å². The molecule has 1 aromatic heterocycles. The minimum atomic E-state index is -0.218. The van der Waals surface area contributed by atoms with Crippen LogP contribution in [0.3, 0.4) is 0 Å². The average Bonchev–Trinajstić information content (AvgIpc) is 3.32. The number of carbonyl (C=O) groups excluding carboxylic acids is 1. The van der Waals surface area contributed by atoms with Gasteiger partial charge < -0.3 is 24.4 Å². The second-order valence-electron chi connectivity index (χ2n) is 8.90. The van der Waals surface area contributed by atoms with Crippen LogP contribution in [0.5, 0.6) is 17.4 Å². The van der Waals surface area contributed by atoms with Crippen molar-refractivity contribution in [2.24, 2.45) is 0 Å². The van der Waals surface area contributed by atoms with Crippen LogP contribution in [0.1, 0.15) is 29.8 Å². The van der Waals surface area contributed by atoms with Crippen LogP contribution in [-0.4, -0.2) is 67.4 Å². The highest BCUT2D eigenvalue weighted by Gasteiger charge is 2.26. The fourth-order valence-corrected chi connectivity index (χ4v) is 4.18. The second kappa shape index (κ2) is 10.7. The summed E-state index contributed by atoms with van der Waals surface area (Å²) >= 11 is 0. The summed E-state index contributed by atoms with van der Waals surface area (Å²) in [5, 5.41) is 9.75. The lowest BCUT2D eigenvalue weighted by molar-refractivity contribution is 0.102. The first kappa shape index (κ1) is 24.4. The molecule has 1 fully saturated rings. The summed E-state index contributed by atoms with van der Waals surface area (Å²) in [5.41, 5.74) is 2.57. The van der Waals surface area contributed by atoms with E-state index >= 15 is 0 Å². The molecular weight excluding hydrogens is 446 g/mol. The third kappa shape index (κ3) is 5.86. The minimum absolute atomic E-state index is 0.218. The Bertz CT molecular complexity index is 1110. The quantitative estimate of drug-likeness (QED) is 0.508. The standard InChI is InChI=1S/C26H33N5O4/c1-17-14-31(15-18(2)30(17)3)21-8-6-20(7-9-21)26(32)27-24-13-25(29-28-24)35-16-19-10-22(33-4)12-23(11-19)34-5/h6-13,17-18H,14-16H2,1-5H3,(H2,27,28,29,32). The Kier molecular flexibility index (Phi) is 7.45. The lowest BCUT2D eigenvalue weighted by atomic mass is 10.1. The number of carbonyl (C=O) groups is 1. The molecule has 2 unspecified atom stereocenters. The molecule has 2 atom stereocenters. The van der Waals surface area contributed by atoms with Gasteiger partial charge >= 0.3 is 0 Å². The molecule has 0 radical (unpaired) electrons.